The van der Waals surface area contributed by atoms with Crippen LogP contribution < -0.4 is 0 Å². The maximum absolute atomic E-state index is 13.0. The standard InChI is InChI=1S/C68H115O11P/c1-4-7-10-13-16-19-22-25-28-31-32-35-38-41-44-47-50-53-56-59-68(72)79-65(61-75-66(70)57-54-51-48-45-42-39-36-33-29-26-23-20-17-14-11-8-5-2)63-77-80(73,74)76-62-64(60-69)78-67(71)58-55-52-49-46-43-40-37-34-30-27-24-21-18-15-12-9-6-3/h7,10,16-21,25-30,32,35,41,44,64-65,69H,4-6,8-9,11-15,22-24,31,33-34,36-40,42-43,45-63H2,1-3H3,(H,73,74)/b10-7-,19-16-,20-17-,21-18-,28-25-,29-26-,30-27-,35-32-,44-41-. The zero-order valence-corrected chi connectivity index (χ0v) is 51.7. The van der Waals surface area contributed by atoms with Gasteiger partial charge < -0.3 is 24.2 Å². The smallest absolute Gasteiger partial charge is 0.462 e. The van der Waals surface area contributed by atoms with Crippen LogP contribution in [0.1, 0.15) is 265 Å². The zero-order valence-electron chi connectivity index (χ0n) is 50.8. The number of carbonyl (C=O) groups is 3. The average molecular weight is 1140 g/mol. The van der Waals surface area contributed by atoms with E-state index in [2.05, 4.69) is 130 Å². The molecule has 0 bridgehead atoms. The molecule has 0 fully saturated rings. The van der Waals surface area contributed by atoms with E-state index in [-0.39, 0.29) is 25.9 Å². The number of phosphoric acid groups is 1. The Morgan fingerprint density at radius 3 is 1.01 bits per heavy atom. The first-order chi connectivity index (χ1) is 39.2. The maximum Gasteiger partial charge on any atom is 0.472 e. The van der Waals surface area contributed by atoms with Crippen LogP contribution in [0.3, 0.4) is 0 Å². The molecule has 458 valence electrons. The molecule has 0 aromatic heterocycles. The van der Waals surface area contributed by atoms with Crippen molar-refractivity contribution < 1.29 is 52.2 Å². The van der Waals surface area contributed by atoms with E-state index < -0.39 is 57.8 Å². The van der Waals surface area contributed by atoms with E-state index in [4.69, 9.17) is 23.3 Å². The highest BCUT2D eigenvalue weighted by Crippen LogP contribution is 2.43. The summed E-state index contributed by atoms with van der Waals surface area (Å²) in [4.78, 5) is 48.7. The number of allylic oxidation sites excluding steroid dienone is 18. The van der Waals surface area contributed by atoms with Gasteiger partial charge in [-0.15, -0.1) is 0 Å². The van der Waals surface area contributed by atoms with Gasteiger partial charge >= 0.3 is 25.7 Å². The molecule has 0 aliphatic carbocycles. The third-order valence-corrected chi connectivity index (χ3v) is 14.1. The Morgan fingerprint density at radius 1 is 0.362 bits per heavy atom. The Hall–Kier alpha value is -3.86. The lowest BCUT2D eigenvalue weighted by atomic mass is 10.1. The van der Waals surface area contributed by atoms with Gasteiger partial charge in [0.1, 0.15) is 12.7 Å². The van der Waals surface area contributed by atoms with Crippen LogP contribution in [0.25, 0.3) is 0 Å². The van der Waals surface area contributed by atoms with Gasteiger partial charge in [0.15, 0.2) is 6.10 Å². The number of carbonyl (C=O) groups excluding carboxylic acids is 3. The number of rotatable bonds is 58. The van der Waals surface area contributed by atoms with Crippen molar-refractivity contribution in [3.8, 4) is 0 Å². The number of esters is 3. The van der Waals surface area contributed by atoms with Gasteiger partial charge in [-0.05, 0) is 128 Å². The fourth-order valence-electron chi connectivity index (χ4n) is 8.33. The van der Waals surface area contributed by atoms with Crippen LogP contribution in [0.5, 0.6) is 0 Å². The summed E-state index contributed by atoms with van der Waals surface area (Å²) in [6, 6.07) is 0. The first kappa shape index (κ1) is 76.1. The largest absolute Gasteiger partial charge is 0.472 e. The number of aliphatic hydroxyl groups excluding tert-OH is 1. The molecule has 2 N–H and O–H groups in total. The lowest BCUT2D eigenvalue weighted by Crippen LogP contribution is -2.30. The Bertz CT molecular complexity index is 1760. The van der Waals surface area contributed by atoms with E-state index in [1.165, 1.54) is 77.0 Å². The van der Waals surface area contributed by atoms with Crippen molar-refractivity contribution in [2.75, 3.05) is 26.4 Å². The summed E-state index contributed by atoms with van der Waals surface area (Å²) in [7, 11) is -4.77. The monoisotopic (exact) mass is 1140 g/mol. The highest BCUT2D eigenvalue weighted by Gasteiger charge is 2.28. The third kappa shape index (κ3) is 58.8. The van der Waals surface area contributed by atoms with E-state index in [0.29, 0.717) is 19.3 Å². The Morgan fingerprint density at radius 2 is 0.650 bits per heavy atom. The van der Waals surface area contributed by atoms with Gasteiger partial charge in [-0.2, -0.15) is 0 Å². The van der Waals surface area contributed by atoms with Gasteiger partial charge in [0, 0.05) is 19.3 Å². The molecule has 80 heavy (non-hydrogen) atoms. The minimum atomic E-state index is -4.77. The van der Waals surface area contributed by atoms with E-state index >= 15 is 0 Å². The fraction of sp³-hybridized carbons (Fsp3) is 0.691. The van der Waals surface area contributed by atoms with E-state index in [1.54, 1.807) is 0 Å². The van der Waals surface area contributed by atoms with Gasteiger partial charge in [-0.25, -0.2) is 4.57 Å². The molecule has 0 saturated heterocycles. The predicted molar refractivity (Wildman–Crippen MR) is 334 cm³/mol. The van der Waals surface area contributed by atoms with Crippen molar-refractivity contribution >= 4 is 25.7 Å². The summed E-state index contributed by atoms with van der Waals surface area (Å²) in [6.07, 6.45) is 74.6. The topological polar surface area (TPSA) is 155 Å². The minimum absolute atomic E-state index is 0.121. The van der Waals surface area contributed by atoms with Crippen molar-refractivity contribution in [1.82, 2.24) is 0 Å². The number of ether oxygens (including phenoxy) is 3. The maximum atomic E-state index is 13.0. The van der Waals surface area contributed by atoms with Crippen LogP contribution in [0, 0.1) is 0 Å². The van der Waals surface area contributed by atoms with Crippen LogP contribution >= 0.6 is 7.82 Å². The van der Waals surface area contributed by atoms with E-state index in [0.717, 1.165) is 128 Å². The van der Waals surface area contributed by atoms with Crippen LogP contribution in [0.2, 0.25) is 0 Å². The Labute approximate surface area is 488 Å². The van der Waals surface area contributed by atoms with Crippen LogP contribution in [-0.4, -0.2) is 66.5 Å². The third-order valence-electron chi connectivity index (χ3n) is 13.1. The summed E-state index contributed by atoms with van der Waals surface area (Å²) >= 11 is 0. The summed E-state index contributed by atoms with van der Waals surface area (Å²) in [5.41, 5.74) is 0. The van der Waals surface area contributed by atoms with Gasteiger partial charge in [-0.3, -0.25) is 23.4 Å². The molecule has 0 saturated carbocycles. The Balaban J connectivity index is 4.79. The molecule has 0 rings (SSSR count). The van der Waals surface area contributed by atoms with Gasteiger partial charge in [0.2, 0.25) is 0 Å². The Kier molecular flexibility index (Phi) is 58.3. The van der Waals surface area contributed by atoms with Crippen LogP contribution in [0.4, 0.5) is 0 Å². The molecule has 0 aromatic carbocycles. The summed E-state index contributed by atoms with van der Waals surface area (Å²) < 4.78 is 39.6. The minimum Gasteiger partial charge on any atom is -0.462 e. The zero-order chi connectivity index (χ0) is 58.3. The van der Waals surface area contributed by atoms with Gasteiger partial charge in [-0.1, -0.05) is 226 Å². The first-order valence-corrected chi connectivity index (χ1v) is 33.3. The van der Waals surface area contributed by atoms with Crippen molar-refractivity contribution in [3.63, 3.8) is 0 Å². The van der Waals surface area contributed by atoms with Crippen LogP contribution in [-0.2, 0) is 42.2 Å². The molecule has 0 spiro atoms. The lowest BCUT2D eigenvalue weighted by Gasteiger charge is -2.21. The first-order valence-electron chi connectivity index (χ1n) is 31.8. The average Bonchev–Trinajstić information content (AvgIpc) is 3.45. The molecule has 0 aliphatic heterocycles. The molecule has 0 heterocycles. The number of unbranched alkanes of at least 4 members (excludes halogenated alkanes) is 23. The molecule has 0 amide bonds. The number of hydrogen-bond acceptors (Lipinski definition) is 10. The SMILES string of the molecule is CC/C=C\C/C=C\C/C=C\C/C=C\C/C=C\CCCCCC(=O)OC(COC(=O)CCCCCCCCC/C=C\C/C=C\CCCCC)COP(=O)(O)OCC(CO)OC(=O)CCCCCCCCC/C=C\C/C=C\CCCCC. The highest BCUT2D eigenvalue weighted by molar-refractivity contribution is 7.47. The number of phosphoric ester groups is 1. The normalized spacial score (nSPS) is 14.0. The molecule has 3 unspecified atom stereocenters. The quantitative estimate of drug-likeness (QED) is 0.0197. The highest BCUT2D eigenvalue weighted by atomic mass is 31.2. The molecular formula is C68H115O11P. The lowest BCUT2D eigenvalue weighted by molar-refractivity contribution is -0.161. The number of hydrogen-bond donors (Lipinski definition) is 2. The molecule has 0 radical (unpaired) electrons. The van der Waals surface area contributed by atoms with Crippen LogP contribution in [0.15, 0.2) is 109 Å². The van der Waals surface area contributed by atoms with E-state index in [9.17, 15) is 28.9 Å². The molecule has 3 atom stereocenters. The predicted octanol–water partition coefficient (Wildman–Crippen LogP) is 19.4. The summed E-state index contributed by atoms with van der Waals surface area (Å²) in [5.74, 6) is -1.52. The molecule has 0 aliphatic rings. The summed E-state index contributed by atoms with van der Waals surface area (Å²) in [6.45, 7) is 4.44. The van der Waals surface area contributed by atoms with Crippen molar-refractivity contribution in [2.45, 2.75) is 277 Å². The summed E-state index contributed by atoms with van der Waals surface area (Å²) in [5, 5.41) is 9.85. The molecular weight excluding hydrogens is 1020 g/mol. The van der Waals surface area contributed by atoms with E-state index in [1.807, 2.05) is 0 Å². The van der Waals surface area contributed by atoms with Gasteiger partial charge in [0.05, 0.1) is 19.8 Å². The molecule has 11 nitrogen and oxygen atoms in total. The van der Waals surface area contributed by atoms with Crippen molar-refractivity contribution in [3.05, 3.63) is 109 Å². The van der Waals surface area contributed by atoms with Crippen molar-refractivity contribution in [2.24, 2.45) is 0 Å². The second kappa shape index (κ2) is 61.2. The second-order valence-corrected chi connectivity index (χ2v) is 22.3. The second-order valence-electron chi connectivity index (χ2n) is 20.8. The molecule has 0 aromatic rings. The van der Waals surface area contributed by atoms with Gasteiger partial charge in [0.25, 0.3) is 0 Å². The fourth-order valence-corrected chi connectivity index (χ4v) is 9.11. The number of aliphatic hydroxyl groups is 1. The molecule has 12 heteroatoms. The van der Waals surface area contributed by atoms with Crippen molar-refractivity contribution in [1.29, 1.82) is 0 Å².